The van der Waals surface area contributed by atoms with Gasteiger partial charge in [-0.3, -0.25) is 24.7 Å². The van der Waals surface area contributed by atoms with E-state index >= 15 is 0 Å². The second kappa shape index (κ2) is 13.7. The highest BCUT2D eigenvalue weighted by Gasteiger charge is 2.49. The number of aromatic nitrogens is 3. The van der Waals surface area contributed by atoms with E-state index in [2.05, 4.69) is 64.8 Å². The number of aryl methyl sites for hydroxylation is 1. The first-order chi connectivity index (χ1) is 26.1. The number of nitrogens with one attached hydrogen (secondary N) is 1. The van der Waals surface area contributed by atoms with Crippen LogP contribution in [-0.4, -0.2) is 100.0 Å². The maximum atomic E-state index is 13.7. The van der Waals surface area contributed by atoms with Gasteiger partial charge in [0, 0.05) is 104 Å². The number of methoxy groups -OCH3 is 1. The molecule has 0 spiro atoms. The molecule has 1 saturated carbocycles. The minimum absolute atomic E-state index is 0.118. The first kappa shape index (κ1) is 35.3. The molecule has 0 radical (unpaired) electrons. The fourth-order valence-electron chi connectivity index (χ4n) is 9.42. The number of carbonyl (C=O) groups excluding carboxylic acids is 1. The summed E-state index contributed by atoms with van der Waals surface area (Å²) in [5.41, 5.74) is 18.1. The van der Waals surface area contributed by atoms with E-state index in [1.807, 2.05) is 24.4 Å². The molecular formula is C41H52N9O4+. The maximum absolute atomic E-state index is 13.7. The zero-order chi connectivity index (χ0) is 37.3. The van der Waals surface area contributed by atoms with E-state index in [0.717, 1.165) is 89.3 Å². The van der Waals surface area contributed by atoms with Crippen molar-refractivity contribution in [3.05, 3.63) is 70.5 Å². The Hall–Kier alpha value is -4.43. The van der Waals surface area contributed by atoms with Crippen molar-refractivity contribution in [3.63, 3.8) is 0 Å². The smallest absolute Gasteiger partial charge is 0.326 e. The van der Waals surface area contributed by atoms with Crippen LogP contribution in [-0.2, 0) is 27.3 Å². The molecule has 3 N–H and O–H groups in total. The zero-order valence-electron chi connectivity index (χ0n) is 31.8. The Bertz CT molecular complexity index is 2100. The number of carbonyl (C=O) groups is 1. The molecule has 3 aromatic heterocycles. The molecule has 4 aromatic rings. The van der Waals surface area contributed by atoms with Crippen LogP contribution in [0.2, 0.25) is 0 Å². The molecule has 1 aromatic carbocycles. The Morgan fingerprint density at radius 1 is 1.07 bits per heavy atom. The van der Waals surface area contributed by atoms with Gasteiger partial charge in [0.05, 0.1) is 39.9 Å². The summed E-state index contributed by atoms with van der Waals surface area (Å²) in [7, 11) is 1.76. The van der Waals surface area contributed by atoms with E-state index in [-0.39, 0.29) is 24.9 Å². The lowest BCUT2D eigenvalue weighted by atomic mass is 9.67. The minimum atomic E-state index is -0.821. The summed E-state index contributed by atoms with van der Waals surface area (Å²) in [6.07, 6.45) is 4.98. The monoisotopic (exact) mass is 734 g/mol. The topological polar surface area (TPSA) is 134 Å². The van der Waals surface area contributed by atoms with Gasteiger partial charge >= 0.3 is 6.17 Å². The molecule has 2 aliphatic carbocycles. The third-order valence-electron chi connectivity index (χ3n) is 12.4. The fraction of sp³-hybridized carbons (Fsp3) is 0.537. The summed E-state index contributed by atoms with van der Waals surface area (Å²) >= 11 is 0. The Balaban J connectivity index is 1.21. The second-order valence-corrected chi connectivity index (χ2v) is 16.4. The van der Waals surface area contributed by atoms with Crippen molar-refractivity contribution >= 4 is 22.5 Å². The molecule has 9 rings (SSSR count). The summed E-state index contributed by atoms with van der Waals surface area (Å²) in [5.74, 6) is -0.501. The summed E-state index contributed by atoms with van der Waals surface area (Å²) in [6.45, 7) is 11.9. The predicted octanol–water partition coefficient (Wildman–Crippen LogP) is 4.93. The van der Waals surface area contributed by atoms with Crippen molar-refractivity contribution in [1.29, 1.82) is 0 Å². The quantitative estimate of drug-likeness (QED) is 0.298. The predicted molar refractivity (Wildman–Crippen MR) is 206 cm³/mol. The van der Waals surface area contributed by atoms with Gasteiger partial charge in [-0.15, -0.1) is 0 Å². The summed E-state index contributed by atoms with van der Waals surface area (Å²) in [5, 5.41) is 2.58. The molecule has 4 atom stereocenters. The normalized spacial score (nSPS) is 26.0. The van der Waals surface area contributed by atoms with Gasteiger partial charge in [-0.2, -0.15) is 5.43 Å². The zero-order valence-corrected chi connectivity index (χ0v) is 31.8. The number of fused-ring (bicyclic) bond motifs is 8. The number of hydrazine groups is 1. The average Bonchev–Trinajstić information content (AvgIpc) is 4.00. The van der Waals surface area contributed by atoms with Crippen molar-refractivity contribution in [1.82, 2.24) is 29.9 Å². The number of piperazine rings is 1. The average molecular weight is 735 g/mol. The Labute approximate surface area is 316 Å². The summed E-state index contributed by atoms with van der Waals surface area (Å²) < 4.78 is 8.90. The van der Waals surface area contributed by atoms with Crippen LogP contribution in [0.4, 0.5) is 5.69 Å². The van der Waals surface area contributed by atoms with Crippen LogP contribution < -0.4 is 16.1 Å². The van der Waals surface area contributed by atoms with Crippen molar-refractivity contribution in [2.45, 2.75) is 89.7 Å². The maximum Gasteiger partial charge on any atom is 0.326 e. The number of ether oxygens (including phenoxy) is 1. The van der Waals surface area contributed by atoms with Gasteiger partial charge < -0.3 is 19.9 Å². The van der Waals surface area contributed by atoms with E-state index < -0.39 is 23.7 Å². The molecule has 54 heavy (non-hydrogen) atoms. The fourth-order valence-corrected chi connectivity index (χ4v) is 9.42. The Morgan fingerprint density at radius 3 is 2.65 bits per heavy atom. The lowest BCUT2D eigenvalue weighted by Gasteiger charge is -2.42. The first-order valence-electron chi connectivity index (χ1n) is 19.7. The van der Waals surface area contributed by atoms with Crippen LogP contribution in [0.25, 0.3) is 33.4 Å². The number of hydrogen-bond donors (Lipinski definition) is 2. The number of anilines is 1. The third kappa shape index (κ3) is 6.05. The van der Waals surface area contributed by atoms with E-state index in [0.29, 0.717) is 24.3 Å². The van der Waals surface area contributed by atoms with Crippen LogP contribution in [0.1, 0.15) is 75.4 Å². The van der Waals surface area contributed by atoms with Gasteiger partial charge in [0.2, 0.25) is 4.92 Å². The SMILES string of the molecule is CCn1c2c3c4cc(ccc41)-c1cccc(n1)C[C@H](N)C(=O)N1CCC[C@H](N1)[N+](=O)OCC(C)(C)C3[C@H](OC)c1ncc(N3CCN(C4CC4)CC3)cc1-2. The minimum Gasteiger partial charge on any atom is -0.374 e. The largest absolute Gasteiger partial charge is 0.374 e. The second-order valence-electron chi connectivity index (χ2n) is 16.4. The number of nitrogens with zero attached hydrogens (tertiary/aromatic N) is 7. The molecule has 3 aliphatic heterocycles. The van der Waals surface area contributed by atoms with E-state index in [1.165, 1.54) is 23.4 Å². The Kier molecular flexibility index (Phi) is 8.95. The van der Waals surface area contributed by atoms with Gasteiger partial charge in [0.25, 0.3) is 5.91 Å². The standard InChI is InChI=1S/C41H52N9O4/c1-5-48-33-14-11-25-20-29(33)35-36(39(53-4)37-30(38(35)48)22-28(23-43-37)47-18-16-46(17-19-47)27-12-13-27)41(2,3)24-54-50(52)34-10-7-15-49(45-34)40(51)31(42)21-26-8-6-9-32(25)44-26/h6,8-9,11,14,20,22-23,27,31,34,36,39,45H,5,7,10,12-13,15-19,21,24,42H2,1-4H3/q+1/t31-,34+,36?,39-/m0/s1. The third-order valence-corrected chi connectivity index (χ3v) is 12.4. The number of pyridine rings is 2. The van der Waals surface area contributed by atoms with Gasteiger partial charge in [0.15, 0.2) is 6.61 Å². The molecule has 13 heteroatoms. The molecule has 6 bridgehead atoms. The lowest BCUT2D eigenvalue weighted by molar-refractivity contribution is -0.835. The van der Waals surface area contributed by atoms with Crippen LogP contribution in [0.3, 0.4) is 0 Å². The summed E-state index contributed by atoms with van der Waals surface area (Å²) in [4.78, 5) is 49.3. The van der Waals surface area contributed by atoms with Crippen LogP contribution >= 0.6 is 0 Å². The van der Waals surface area contributed by atoms with Crippen molar-refractivity contribution in [3.8, 4) is 22.5 Å². The van der Waals surface area contributed by atoms with Crippen LogP contribution in [0, 0.1) is 10.3 Å². The summed E-state index contributed by atoms with van der Waals surface area (Å²) in [6, 6.07) is 14.8. The number of nitrogens with two attached hydrogens (primary N) is 1. The van der Waals surface area contributed by atoms with Gasteiger partial charge in [-0.1, -0.05) is 26.0 Å². The molecule has 3 fully saturated rings. The van der Waals surface area contributed by atoms with E-state index in [9.17, 15) is 9.70 Å². The molecule has 1 unspecified atom stereocenters. The van der Waals surface area contributed by atoms with Crippen LogP contribution in [0.15, 0.2) is 48.7 Å². The molecular weight excluding hydrogens is 683 g/mol. The number of rotatable bonds is 4. The highest BCUT2D eigenvalue weighted by atomic mass is 16.8. The van der Waals surface area contributed by atoms with Crippen LogP contribution in [0.5, 0.6) is 0 Å². The molecule has 5 aliphatic rings. The molecule has 284 valence electrons. The Morgan fingerprint density at radius 2 is 1.89 bits per heavy atom. The van der Waals surface area contributed by atoms with Crippen molar-refractivity contribution in [2.75, 3.05) is 51.3 Å². The van der Waals surface area contributed by atoms with Gasteiger partial charge in [0.1, 0.15) is 6.10 Å². The molecule has 2 saturated heterocycles. The molecule has 6 heterocycles. The van der Waals surface area contributed by atoms with E-state index in [4.69, 9.17) is 25.3 Å². The molecule has 13 nitrogen and oxygen atoms in total. The first-order valence-corrected chi connectivity index (χ1v) is 19.7. The van der Waals surface area contributed by atoms with Gasteiger partial charge in [-0.25, -0.2) is 4.84 Å². The number of benzene rings is 1. The van der Waals surface area contributed by atoms with Crippen molar-refractivity contribution < 1.29 is 19.3 Å². The van der Waals surface area contributed by atoms with Crippen molar-refractivity contribution in [2.24, 2.45) is 11.1 Å². The number of amides is 1. The molecule has 1 amide bonds. The lowest BCUT2D eigenvalue weighted by Crippen LogP contribution is -2.59. The number of hydrogen-bond acceptors (Lipinski definition) is 10. The van der Waals surface area contributed by atoms with Gasteiger partial charge in [-0.05, 0) is 62.1 Å². The highest BCUT2D eigenvalue weighted by molar-refractivity contribution is 5.97. The highest BCUT2D eigenvalue weighted by Crippen LogP contribution is 2.57. The van der Waals surface area contributed by atoms with E-state index in [1.54, 1.807) is 7.11 Å².